The second-order valence-electron chi connectivity index (χ2n) is 9.49. The molecule has 5 heteroatoms. The molecule has 33 heavy (non-hydrogen) atoms. The molecule has 0 aromatic carbocycles. The summed E-state index contributed by atoms with van der Waals surface area (Å²) in [7, 11) is 1.33. The highest BCUT2D eigenvalue weighted by Crippen LogP contribution is 2.31. The molecule has 0 amide bonds. The van der Waals surface area contributed by atoms with Crippen LogP contribution in [0, 0.1) is 11.8 Å². The SMILES string of the molecule is CCC.CCCCCC1CCC(OCC(C)OCC(C)/C(CC)=C(F)/C(F)=C(\C)OC)CC1. The van der Waals surface area contributed by atoms with Gasteiger partial charge in [0.05, 0.1) is 32.5 Å². The van der Waals surface area contributed by atoms with Crippen LogP contribution in [0.1, 0.15) is 113 Å². The third kappa shape index (κ3) is 13.5. The number of methoxy groups -OCH3 is 1. The Morgan fingerprint density at radius 1 is 0.909 bits per heavy atom. The monoisotopic (exact) mass is 474 g/mol. The maximum absolute atomic E-state index is 14.5. The Morgan fingerprint density at radius 3 is 2.03 bits per heavy atom. The lowest BCUT2D eigenvalue weighted by atomic mass is 9.84. The molecule has 0 aromatic heterocycles. The van der Waals surface area contributed by atoms with Gasteiger partial charge >= 0.3 is 0 Å². The zero-order valence-corrected chi connectivity index (χ0v) is 22.8. The number of halogens is 2. The van der Waals surface area contributed by atoms with E-state index in [1.165, 1.54) is 59.0 Å². The average Bonchev–Trinajstić information content (AvgIpc) is 2.82. The summed E-state index contributed by atoms with van der Waals surface area (Å²) in [6.45, 7) is 14.5. The van der Waals surface area contributed by atoms with E-state index in [0.717, 1.165) is 18.8 Å². The standard InChI is InChI=1S/C25H44F2O3.C3H8/c1-7-9-10-11-21-12-14-22(15-13-21)30-17-19(4)29-16-18(3)23(8-2)25(27)24(26)20(5)28-6;1-3-2/h18-19,21-22H,7-17H2,1-6H3;3H2,1-2H3/b24-20-,25-23-;. The number of allylic oxidation sites excluding steroid dienone is 3. The van der Waals surface area contributed by atoms with Gasteiger partial charge in [-0.2, -0.15) is 0 Å². The van der Waals surface area contributed by atoms with Gasteiger partial charge in [0.1, 0.15) is 5.76 Å². The molecule has 1 fully saturated rings. The van der Waals surface area contributed by atoms with Crippen LogP contribution >= 0.6 is 0 Å². The first-order valence-electron chi connectivity index (χ1n) is 13.3. The van der Waals surface area contributed by atoms with Crippen LogP contribution in [0.2, 0.25) is 0 Å². The summed E-state index contributed by atoms with van der Waals surface area (Å²) >= 11 is 0. The fourth-order valence-corrected chi connectivity index (χ4v) is 4.10. The molecule has 0 saturated heterocycles. The molecule has 0 spiro atoms. The minimum atomic E-state index is -0.928. The Bertz CT molecular complexity index is 551. The van der Waals surface area contributed by atoms with Crippen molar-refractivity contribution in [1.82, 2.24) is 0 Å². The molecule has 1 saturated carbocycles. The van der Waals surface area contributed by atoms with Crippen LogP contribution in [0.15, 0.2) is 23.0 Å². The Morgan fingerprint density at radius 2 is 1.52 bits per heavy atom. The van der Waals surface area contributed by atoms with Gasteiger partial charge in [0.2, 0.25) is 0 Å². The second kappa shape index (κ2) is 19.4. The molecule has 0 bridgehead atoms. The highest BCUT2D eigenvalue weighted by atomic mass is 19.2. The number of hydrogen-bond donors (Lipinski definition) is 0. The van der Waals surface area contributed by atoms with E-state index in [-0.39, 0.29) is 17.8 Å². The molecule has 1 aliphatic carbocycles. The smallest absolute Gasteiger partial charge is 0.195 e. The number of ether oxygens (including phenoxy) is 3. The zero-order chi connectivity index (χ0) is 25.2. The molecular formula is C28H52F2O3. The van der Waals surface area contributed by atoms with Gasteiger partial charge in [0.25, 0.3) is 0 Å². The molecule has 2 unspecified atom stereocenters. The fourth-order valence-electron chi connectivity index (χ4n) is 4.10. The first-order chi connectivity index (χ1) is 15.7. The zero-order valence-electron chi connectivity index (χ0n) is 22.8. The van der Waals surface area contributed by atoms with Crippen molar-refractivity contribution in [2.45, 2.75) is 125 Å². The minimum absolute atomic E-state index is 0.0478. The van der Waals surface area contributed by atoms with Crippen LogP contribution in [0.25, 0.3) is 0 Å². The van der Waals surface area contributed by atoms with Gasteiger partial charge in [0, 0.05) is 5.92 Å². The van der Waals surface area contributed by atoms with Crippen LogP contribution in [-0.2, 0) is 14.2 Å². The highest BCUT2D eigenvalue weighted by Gasteiger charge is 2.23. The van der Waals surface area contributed by atoms with Crippen molar-refractivity contribution in [2.24, 2.45) is 11.8 Å². The van der Waals surface area contributed by atoms with E-state index in [4.69, 9.17) is 14.2 Å². The normalized spacial score (nSPS) is 21.9. The summed E-state index contributed by atoms with van der Waals surface area (Å²) in [5, 5.41) is 0. The molecule has 2 atom stereocenters. The van der Waals surface area contributed by atoms with Crippen molar-refractivity contribution in [2.75, 3.05) is 20.3 Å². The third-order valence-corrected chi connectivity index (χ3v) is 6.27. The summed E-state index contributed by atoms with van der Waals surface area (Å²) in [5.74, 6) is -1.15. The molecule has 3 nitrogen and oxygen atoms in total. The van der Waals surface area contributed by atoms with Crippen molar-refractivity contribution >= 4 is 0 Å². The molecule has 0 aromatic rings. The summed E-state index contributed by atoms with van der Waals surface area (Å²) < 4.78 is 45.3. The van der Waals surface area contributed by atoms with Gasteiger partial charge < -0.3 is 14.2 Å². The lowest BCUT2D eigenvalue weighted by molar-refractivity contribution is -0.0549. The van der Waals surface area contributed by atoms with E-state index in [1.54, 1.807) is 0 Å². The van der Waals surface area contributed by atoms with E-state index in [2.05, 4.69) is 20.8 Å². The Kier molecular flexibility index (Phi) is 18.8. The topological polar surface area (TPSA) is 27.7 Å². The van der Waals surface area contributed by atoms with E-state index < -0.39 is 11.7 Å². The first-order valence-corrected chi connectivity index (χ1v) is 13.3. The van der Waals surface area contributed by atoms with Gasteiger partial charge in [0.15, 0.2) is 11.7 Å². The van der Waals surface area contributed by atoms with Gasteiger partial charge in [-0.3, -0.25) is 0 Å². The lowest BCUT2D eigenvalue weighted by Gasteiger charge is -2.29. The van der Waals surface area contributed by atoms with Crippen molar-refractivity contribution in [1.29, 1.82) is 0 Å². The molecular weight excluding hydrogens is 422 g/mol. The van der Waals surface area contributed by atoms with Crippen molar-refractivity contribution in [3.8, 4) is 0 Å². The van der Waals surface area contributed by atoms with Gasteiger partial charge in [-0.25, -0.2) is 8.78 Å². The largest absolute Gasteiger partial charge is 0.498 e. The van der Waals surface area contributed by atoms with Gasteiger partial charge in [-0.05, 0) is 57.4 Å². The molecule has 0 N–H and O–H groups in total. The molecule has 0 radical (unpaired) electrons. The quantitative estimate of drug-likeness (QED) is 0.143. The summed E-state index contributed by atoms with van der Waals surface area (Å²) in [4.78, 5) is 0. The number of hydrogen-bond acceptors (Lipinski definition) is 3. The fraction of sp³-hybridized carbons (Fsp3) is 0.857. The van der Waals surface area contributed by atoms with E-state index in [9.17, 15) is 8.78 Å². The summed E-state index contributed by atoms with van der Waals surface area (Å²) in [6, 6.07) is 0. The summed E-state index contributed by atoms with van der Waals surface area (Å²) in [5.41, 5.74) is 0.415. The molecule has 0 heterocycles. The minimum Gasteiger partial charge on any atom is -0.498 e. The van der Waals surface area contributed by atoms with E-state index >= 15 is 0 Å². The van der Waals surface area contributed by atoms with Crippen LogP contribution in [0.5, 0.6) is 0 Å². The Balaban J connectivity index is 0.00000322. The van der Waals surface area contributed by atoms with Crippen LogP contribution in [0.3, 0.4) is 0 Å². The van der Waals surface area contributed by atoms with Crippen molar-refractivity contribution < 1.29 is 23.0 Å². The summed E-state index contributed by atoms with van der Waals surface area (Å²) in [6.07, 6.45) is 12.1. The predicted octanol–water partition coefficient (Wildman–Crippen LogP) is 9.08. The molecule has 0 aliphatic heterocycles. The lowest BCUT2D eigenvalue weighted by Crippen LogP contribution is -2.27. The molecule has 196 valence electrons. The average molecular weight is 475 g/mol. The number of unbranched alkanes of at least 4 members (excludes halogenated alkanes) is 2. The van der Waals surface area contributed by atoms with E-state index in [0.29, 0.717) is 31.3 Å². The van der Waals surface area contributed by atoms with Crippen molar-refractivity contribution in [3.63, 3.8) is 0 Å². The third-order valence-electron chi connectivity index (χ3n) is 6.27. The van der Waals surface area contributed by atoms with Crippen molar-refractivity contribution in [3.05, 3.63) is 23.0 Å². The number of rotatable bonds is 14. The van der Waals surface area contributed by atoms with Gasteiger partial charge in [-0.1, -0.05) is 66.7 Å². The first kappa shape index (κ1) is 32.1. The molecule has 1 rings (SSSR count). The van der Waals surface area contributed by atoms with Gasteiger partial charge in [-0.15, -0.1) is 0 Å². The van der Waals surface area contributed by atoms with Crippen LogP contribution in [-0.4, -0.2) is 32.5 Å². The predicted molar refractivity (Wildman–Crippen MR) is 136 cm³/mol. The van der Waals surface area contributed by atoms with Crippen LogP contribution in [0.4, 0.5) is 8.78 Å². The molecule has 1 aliphatic rings. The van der Waals surface area contributed by atoms with E-state index in [1.807, 2.05) is 20.8 Å². The van der Waals surface area contributed by atoms with Crippen LogP contribution < -0.4 is 0 Å². The highest BCUT2D eigenvalue weighted by molar-refractivity contribution is 5.28. The maximum Gasteiger partial charge on any atom is 0.195 e. The maximum atomic E-state index is 14.5. The Labute approximate surface area is 203 Å². The second-order valence-corrected chi connectivity index (χ2v) is 9.49. The Hall–Kier alpha value is -0.940.